The van der Waals surface area contributed by atoms with Crippen LogP contribution in [-0.2, 0) is 19.4 Å². The number of carbonyl (C=O) groups is 1. The van der Waals surface area contributed by atoms with Crippen molar-refractivity contribution in [1.29, 1.82) is 0 Å². The molecule has 2 heterocycles. The summed E-state index contributed by atoms with van der Waals surface area (Å²) in [7, 11) is 0. The number of nitrogens with zero attached hydrogens (tertiary/aromatic N) is 3. The summed E-state index contributed by atoms with van der Waals surface area (Å²) < 4.78 is 0. The third-order valence-electron chi connectivity index (χ3n) is 4.31. The highest BCUT2D eigenvalue weighted by atomic mass is 16.1. The Morgan fingerprint density at radius 2 is 1.63 bits per heavy atom. The average molecular weight is 361 g/mol. The number of aryl methyl sites for hydroxylation is 2. The molecule has 1 amide bonds. The van der Waals surface area contributed by atoms with Gasteiger partial charge in [-0.3, -0.25) is 9.78 Å². The van der Waals surface area contributed by atoms with Crippen LogP contribution in [0.3, 0.4) is 0 Å². The Hall–Kier alpha value is -3.28. The van der Waals surface area contributed by atoms with Crippen LogP contribution in [0.15, 0.2) is 55.0 Å². The predicted molar refractivity (Wildman–Crippen MR) is 107 cm³/mol. The van der Waals surface area contributed by atoms with Crippen LogP contribution in [0.2, 0.25) is 0 Å². The van der Waals surface area contributed by atoms with E-state index in [1.165, 1.54) is 12.4 Å². The zero-order chi connectivity index (χ0) is 19.1. The van der Waals surface area contributed by atoms with Gasteiger partial charge in [0.05, 0.1) is 17.8 Å². The zero-order valence-corrected chi connectivity index (χ0v) is 15.6. The summed E-state index contributed by atoms with van der Waals surface area (Å²) >= 11 is 0. The van der Waals surface area contributed by atoms with Crippen LogP contribution in [0.1, 0.15) is 41.0 Å². The molecule has 0 aliphatic heterocycles. The number of anilines is 2. The number of nitrogens with one attached hydrogen (secondary N) is 2. The molecule has 3 aromatic rings. The van der Waals surface area contributed by atoms with Gasteiger partial charge < -0.3 is 10.6 Å². The lowest BCUT2D eigenvalue weighted by atomic mass is 10.0. The first-order valence-corrected chi connectivity index (χ1v) is 9.09. The van der Waals surface area contributed by atoms with Gasteiger partial charge in [0.1, 0.15) is 0 Å². The minimum Gasteiger partial charge on any atom is -0.349 e. The van der Waals surface area contributed by atoms with Gasteiger partial charge in [0.15, 0.2) is 0 Å². The molecular weight excluding hydrogens is 338 g/mol. The van der Waals surface area contributed by atoms with E-state index < -0.39 is 0 Å². The van der Waals surface area contributed by atoms with Crippen molar-refractivity contribution in [3.63, 3.8) is 0 Å². The Morgan fingerprint density at radius 1 is 0.926 bits per heavy atom. The molecule has 0 radical (unpaired) electrons. The number of amides is 1. The van der Waals surface area contributed by atoms with Gasteiger partial charge in [-0.25, -0.2) is 9.97 Å². The van der Waals surface area contributed by atoms with Crippen LogP contribution in [0.4, 0.5) is 11.6 Å². The highest BCUT2D eigenvalue weighted by Crippen LogP contribution is 2.23. The number of aromatic nitrogens is 3. The first-order valence-electron chi connectivity index (χ1n) is 9.09. The number of para-hydroxylation sites is 1. The number of benzene rings is 1. The number of rotatable bonds is 7. The molecule has 0 saturated heterocycles. The van der Waals surface area contributed by atoms with Crippen molar-refractivity contribution in [2.45, 2.75) is 33.2 Å². The van der Waals surface area contributed by atoms with Gasteiger partial charge in [0.2, 0.25) is 5.95 Å². The van der Waals surface area contributed by atoms with Crippen LogP contribution >= 0.6 is 0 Å². The van der Waals surface area contributed by atoms with Crippen LogP contribution in [0, 0.1) is 0 Å². The monoisotopic (exact) mass is 361 g/mol. The van der Waals surface area contributed by atoms with Crippen molar-refractivity contribution in [1.82, 2.24) is 15.0 Å². The summed E-state index contributed by atoms with van der Waals surface area (Å²) in [6.45, 7) is 4.68. The number of pyridine rings is 1. The number of hydrogen-bond donors (Lipinski definition) is 2. The fraction of sp³-hybridized carbons (Fsp3) is 0.238. The van der Waals surface area contributed by atoms with Crippen molar-refractivity contribution in [2.24, 2.45) is 0 Å². The molecule has 1 aromatic carbocycles. The second-order valence-electron chi connectivity index (χ2n) is 6.08. The van der Waals surface area contributed by atoms with Gasteiger partial charge in [0, 0.05) is 24.3 Å². The van der Waals surface area contributed by atoms with E-state index in [0.29, 0.717) is 18.1 Å². The minimum absolute atomic E-state index is 0.207. The lowest BCUT2D eigenvalue weighted by molar-refractivity contribution is 0.102. The Balaban J connectivity index is 1.68. The summed E-state index contributed by atoms with van der Waals surface area (Å²) in [6.07, 6.45) is 6.52. The van der Waals surface area contributed by atoms with Gasteiger partial charge in [0.25, 0.3) is 5.91 Å². The standard InChI is InChI=1S/C21H23N5O/c1-3-15-8-7-9-16(4-2)19(15)26-20(27)17-12-23-21(24-13-17)25-14-18-10-5-6-11-22-18/h5-13H,3-4,14H2,1-2H3,(H,26,27)(H,23,24,25). The van der Waals surface area contributed by atoms with E-state index in [0.717, 1.165) is 35.3 Å². The molecule has 138 valence electrons. The second kappa shape index (κ2) is 8.89. The Labute approximate surface area is 159 Å². The first kappa shape index (κ1) is 18.5. The molecule has 0 atom stereocenters. The van der Waals surface area contributed by atoms with Gasteiger partial charge in [-0.05, 0) is 36.1 Å². The lowest BCUT2D eigenvalue weighted by Gasteiger charge is -2.14. The van der Waals surface area contributed by atoms with E-state index in [1.54, 1.807) is 6.20 Å². The van der Waals surface area contributed by atoms with E-state index in [4.69, 9.17) is 0 Å². The normalized spacial score (nSPS) is 10.4. The van der Waals surface area contributed by atoms with Crippen LogP contribution in [0.25, 0.3) is 0 Å². The second-order valence-corrected chi connectivity index (χ2v) is 6.08. The summed E-state index contributed by atoms with van der Waals surface area (Å²) in [5.74, 6) is 0.252. The van der Waals surface area contributed by atoms with Crippen LogP contribution in [0.5, 0.6) is 0 Å². The average Bonchev–Trinajstić information content (AvgIpc) is 2.73. The maximum atomic E-state index is 12.6. The van der Waals surface area contributed by atoms with E-state index in [2.05, 4.69) is 39.4 Å². The van der Waals surface area contributed by atoms with Gasteiger partial charge in [-0.15, -0.1) is 0 Å². The van der Waals surface area contributed by atoms with Crippen molar-refractivity contribution in [2.75, 3.05) is 10.6 Å². The van der Waals surface area contributed by atoms with Crippen molar-refractivity contribution < 1.29 is 4.79 Å². The molecule has 27 heavy (non-hydrogen) atoms. The van der Waals surface area contributed by atoms with E-state index in [9.17, 15) is 4.79 Å². The Bertz CT molecular complexity index is 872. The Kier molecular flexibility index (Phi) is 6.10. The van der Waals surface area contributed by atoms with Crippen molar-refractivity contribution >= 4 is 17.5 Å². The van der Waals surface area contributed by atoms with E-state index in [-0.39, 0.29) is 5.91 Å². The molecule has 2 N–H and O–H groups in total. The molecule has 6 nitrogen and oxygen atoms in total. The maximum absolute atomic E-state index is 12.6. The molecule has 6 heteroatoms. The van der Waals surface area contributed by atoms with Gasteiger partial charge >= 0.3 is 0 Å². The van der Waals surface area contributed by atoms with E-state index in [1.807, 2.05) is 36.4 Å². The Morgan fingerprint density at radius 3 is 2.22 bits per heavy atom. The zero-order valence-electron chi connectivity index (χ0n) is 15.6. The van der Waals surface area contributed by atoms with Crippen LogP contribution in [-0.4, -0.2) is 20.9 Å². The smallest absolute Gasteiger partial charge is 0.258 e. The molecule has 0 spiro atoms. The fourth-order valence-electron chi connectivity index (χ4n) is 2.80. The summed E-state index contributed by atoms with van der Waals surface area (Å²) in [4.78, 5) is 25.3. The van der Waals surface area contributed by atoms with Gasteiger partial charge in [-0.2, -0.15) is 0 Å². The fourth-order valence-corrected chi connectivity index (χ4v) is 2.80. The maximum Gasteiger partial charge on any atom is 0.258 e. The first-order chi connectivity index (χ1) is 13.2. The topological polar surface area (TPSA) is 79.8 Å². The highest BCUT2D eigenvalue weighted by molar-refractivity contribution is 6.04. The molecule has 0 bridgehead atoms. The van der Waals surface area contributed by atoms with Crippen molar-refractivity contribution in [3.8, 4) is 0 Å². The molecule has 0 aliphatic rings. The molecule has 3 rings (SSSR count). The van der Waals surface area contributed by atoms with Crippen LogP contribution < -0.4 is 10.6 Å². The third kappa shape index (κ3) is 4.67. The number of hydrogen-bond acceptors (Lipinski definition) is 5. The lowest BCUT2D eigenvalue weighted by Crippen LogP contribution is -2.16. The molecular formula is C21H23N5O. The quantitative estimate of drug-likeness (QED) is 0.668. The van der Waals surface area contributed by atoms with Gasteiger partial charge in [-0.1, -0.05) is 38.1 Å². The predicted octanol–water partition coefficient (Wildman–Crippen LogP) is 3.86. The SMILES string of the molecule is CCc1cccc(CC)c1NC(=O)c1cnc(NCc2ccccn2)nc1. The minimum atomic E-state index is -0.207. The summed E-state index contributed by atoms with van der Waals surface area (Å²) in [5.41, 5.74) is 4.46. The van der Waals surface area contributed by atoms with Crippen molar-refractivity contribution in [3.05, 3.63) is 77.4 Å². The molecule has 0 fully saturated rings. The third-order valence-corrected chi connectivity index (χ3v) is 4.31. The van der Waals surface area contributed by atoms with E-state index >= 15 is 0 Å². The molecule has 0 saturated carbocycles. The summed E-state index contributed by atoms with van der Waals surface area (Å²) in [5, 5.41) is 6.12. The molecule has 2 aromatic heterocycles. The summed E-state index contributed by atoms with van der Waals surface area (Å²) in [6, 6.07) is 11.8. The molecule has 0 unspecified atom stereocenters. The highest BCUT2D eigenvalue weighted by Gasteiger charge is 2.12. The largest absolute Gasteiger partial charge is 0.349 e. The molecule has 0 aliphatic carbocycles. The number of carbonyl (C=O) groups excluding carboxylic acids is 1.